The average molecular weight is 336 g/mol. The van der Waals surface area contributed by atoms with Gasteiger partial charge in [-0.3, -0.25) is 14.4 Å². The molecule has 23 heavy (non-hydrogen) atoms. The molecule has 2 heterocycles. The van der Waals surface area contributed by atoms with Gasteiger partial charge in [-0.1, -0.05) is 17.8 Å². The van der Waals surface area contributed by atoms with Gasteiger partial charge in [0.25, 0.3) is 5.91 Å². The number of hydrogen-bond acceptors (Lipinski definition) is 6. The minimum atomic E-state index is -0.619. The van der Waals surface area contributed by atoms with Gasteiger partial charge in [0.05, 0.1) is 12.5 Å². The molecule has 0 aromatic carbocycles. The van der Waals surface area contributed by atoms with E-state index >= 15 is 0 Å². The number of hydrogen-bond donors (Lipinski definition) is 2. The minimum absolute atomic E-state index is 0.125. The summed E-state index contributed by atoms with van der Waals surface area (Å²) in [6, 6.07) is 0. The van der Waals surface area contributed by atoms with E-state index < -0.39 is 11.8 Å². The van der Waals surface area contributed by atoms with E-state index in [-0.39, 0.29) is 18.4 Å². The van der Waals surface area contributed by atoms with E-state index in [0.29, 0.717) is 12.3 Å². The summed E-state index contributed by atoms with van der Waals surface area (Å²) >= 11 is 1.47. The molecule has 1 aromatic heterocycles. The zero-order valence-corrected chi connectivity index (χ0v) is 13.2. The van der Waals surface area contributed by atoms with Crippen LogP contribution in [0.5, 0.6) is 0 Å². The number of carbonyl (C=O) groups is 3. The number of nitrogens with zero attached hydrogens (tertiary/aromatic N) is 4. The molecule has 0 fully saturated rings. The van der Waals surface area contributed by atoms with Crippen LogP contribution in [-0.4, -0.2) is 57.5 Å². The molecular weight excluding hydrogens is 320 g/mol. The fourth-order valence-electron chi connectivity index (χ4n) is 1.67. The summed E-state index contributed by atoms with van der Waals surface area (Å²) in [4.78, 5) is 37.8. The third-order valence-electron chi connectivity index (χ3n) is 2.86. The number of amides is 3. The van der Waals surface area contributed by atoms with Crippen LogP contribution in [0.2, 0.25) is 0 Å². The third kappa shape index (κ3) is 5.33. The first kappa shape index (κ1) is 16.9. The number of rotatable bonds is 7. The monoisotopic (exact) mass is 336 g/mol. The molecule has 0 bridgehead atoms. The van der Waals surface area contributed by atoms with E-state index in [9.17, 15) is 14.4 Å². The molecule has 1 aromatic rings. The Labute approximate surface area is 136 Å². The van der Waals surface area contributed by atoms with Crippen LogP contribution in [0, 0.1) is 5.92 Å². The van der Waals surface area contributed by atoms with Crippen molar-refractivity contribution in [1.29, 1.82) is 0 Å². The Morgan fingerprint density at radius 3 is 2.87 bits per heavy atom. The highest BCUT2D eigenvalue weighted by Crippen LogP contribution is 2.11. The molecule has 122 valence electrons. The van der Waals surface area contributed by atoms with Crippen LogP contribution in [-0.2, 0) is 21.4 Å². The summed E-state index contributed by atoms with van der Waals surface area (Å²) in [6.45, 7) is 0.325. The zero-order valence-electron chi connectivity index (χ0n) is 12.4. The largest absolute Gasteiger partial charge is 0.354 e. The second-order valence-electron chi connectivity index (χ2n) is 4.64. The van der Waals surface area contributed by atoms with Gasteiger partial charge in [0.15, 0.2) is 5.16 Å². The van der Waals surface area contributed by atoms with Gasteiger partial charge in [0, 0.05) is 31.6 Å². The minimum Gasteiger partial charge on any atom is -0.354 e. The molecule has 0 spiro atoms. The van der Waals surface area contributed by atoms with E-state index in [0.717, 1.165) is 5.16 Å². The number of carbonyl (C=O) groups excluding carboxylic acids is 3. The summed E-state index contributed by atoms with van der Waals surface area (Å²) in [6.07, 6.45) is 5.54. The Morgan fingerprint density at radius 2 is 2.22 bits per heavy atom. The van der Waals surface area contributed by atoms with Crippen molar-refractivity contribution in [2.24, 2.45) is 18.0 Å². The standard InChI is InChI=1S/C13H16N6O3S/c1-19-8-17-18-13(19)23-5-4-14-11(21)7-16-12(22)9-2-3-10(20)15-6-9/h2-3,6,8-9H,4-5,7H2,1H3,(H,14,21)(H,16,22). The van der Waals surface area contributed by atoms with Crippen LogP contribution in [0.1, 0.15) is 0 Å². The van der Waals surface area contributed by atoms with Crippen LogP contribution in [0.3, 0.4) is 0 Å². The van der Waals surface area contributed by atoms with Crippen molar-refractivity contribution in [2.45, 2.75) is 5.16 Å². The second-order valence-corrected chi connectivity index (χ2v) is 5.70. The van der Waals surface area contributed by atoms with Gasteiger partial charge in [0.2, 0.25) is 11.8 Å². The predicted molar refractivity (Wildman–Crippen MR) is 83.9 cm³/mol. The fourth-order valence-corrected chi connectivity index (χ4v) is 2.41. The van der Waals surface area contributed by atoms with Crippen molar-refractivity contribution >= 4 is 35.7 Å². The van der Waals surface area contributed by atoms with Crippen LogP contribution in [0.25, 0.3) is 0 Å². The van der Waals surface area contributed by atoms with Crippen LogP contribution < -0.4 is 10.6 Å². The Hall–Kier alpha value is -2.49. The summed E-state index contributed by atoms with van der Waals surface area (Å²) in [5, 5.41) is 13.6. The van der Waals surface area contributed by atoms with Gasteiger partial charge >= 0.3 is 0 Å². The normalized spacial score (nSPS) is 16.4. The van der Waals surface area contributed by atoms with E-state index in [1.165, 1.54) is 30.1 Å². The van der Waals surface area contributed by atoms with Gasteiger partial charge < -0.3 is 15.2 Å². The topological polar surface area (TPSA) is 118 Å². The summed E-state index contributed by atoms with van der Waals surface area (Å²) in [7, 11) is 1.84. The highest BCUT2D eigenvalue weighted by molar-refractivity contribution is 7.99. The molecule has 10 heteroatoms. The highest BCUT2D eigenvalue weighted by atomic mass is 32.2. The molecule has 1 atom stereocenters. The average Bonchev–Trinajstić information content (AvgIpc) is 2.95. The molecule has 3 amide bonds. The number of aromatic nitrogens is 3. The Morgan fingerprint density at radius 1 is 1.39 bits per heavy atom. The molecular formula is C13H16N6O3S. The van der Waals surface area contributed by atoms with Gasteiger partial charge in [0.1, 0.15) is 6.33 Å². The molecule has 1 aliphatic rings. The molecule has 0 radical (unpaired) electrons. The number of dihydropyridines is 1. The molecule has 9 nitrogen and oxygen atoms in total. The molecule has 2 N–H and O–H groups in total. The van der Waals surface area contributed by atoms with Crippen LogP contribution in [0.4, 0.5) is 0 Å². The van der Waals surface area contributed by atoms with Crippen LogP contribution >= 0.6 is 11.8 Å². The summed E-state index contributed by atoms with van der Waals surface area (Å²) in [5.74, 6) is -1.03. The van der Waals surface area contributed by atoms with E-state index in [2.05, 4.69) is 25.8 Å². The molecule has 0 aliphatic carbocycles. The number of aryl methyl sites for hydroxylation is 1. The lowest BCUT2D eigenvalue weighted by Gasteiger charge is -2.10. The zero-order chi connectivity index (χ0) is 16.7. The second kappa shape index (κ2) is 8.22. The molecule has 1 unspecified atom stereocenters. The van der Waals surface area contributed by atoms with E-state index in [1.807, 2.05) is 7.05 Å². The molecule has 0 saturated heterocycles. The van der Waals surface area contributed by atoms with Gasteiger partial charge in [-0.2, -0.15) is 0 Å². The van der Waals surface area contributed by atoms with E-state index in [4.69, 9.17) is 0 Å². The summed E-state index contributed by atoms with van der Waals surface area (Å²) in [5.41, 5.74) is 0. The molecule has 1 aliphatic heterocycles. The highest BCUT2D eigenvalue weighted by Gasteiger charge is 2.17. The number of thioether (sulfide) groups is 1. The maximum Gasteiger partial charge on any atom is 0.269 e. The van der Waals surface area contributed by atoms with Gasteiger partial charge in [-0.25, -0.2) is 4.99 Å². The van der Waals surface area contributed by atoms with Crippen LogP contribution in [0.15, 0.2) is 28.6 Å². The lowest BCUT2D eigenvalue weighted by Crippen LogP contribution is -2.40. The quantitative estimate of drug-likeness (QED) is 0.483. The molecule has 0 saturated carbocycles. The van der Waals surface area contributed by atoms with Crippen molar-refractivity contribution in [2.75, 3.05) is 18.8 Å². The molecule has 2 rings (SSSR count). The Kier molecular flexibility index (Phi) is 6.03. The predicted octanol–water partition coefficient (Wildman–Crippen LogP) is -1.08. The first-order valence-electron chi connectivity index (χ1n) is 6.84. The Balaban J connectivity index is 1.61. The number of nitrogens with one attached hydrogen (secondary N) is 2. The summed E-state index contributed by atoms with van der Waals surface area (Å²) < 4.78 is 1.79. The van der Waals surface area contributed by atoms with Crippen molar-refractivity contribution < 1.29 is 14.4 Å². The smallest absolute Gasteiger partial charge is 0.269 e. The van der Waals surface area contributed by atoms with Crippen molar-refractivity contribution in [3.05, 3.63) is 18.5 Å². The lowest BCUT2D eigenvalue weighted by molar-refractivity contribution is -0.126. The van der Waals surface area contributed by atoms with Crippen molar-refractivity contribution in [3.63, 3.8) is 0 Å². The van der Waals surface area contributed by atoms with E-state index in [1.54, 1.807) is 10.9 Å². The first-order valence-corrected chi connectivity index (χ1v) is 7.82. The third-order valence-corrected chi connectivity index (χ3v) is 3.90. The maximum absolute atomic E-state index is 11.8. The lowest BCUT2D eigenvalue weighted by atomic mass is 10.1. The Bertz CT molecular complexity index is 638. The van der Waals surface area contributed by atoms with Gasteiger partial charge in [-0.05, 0) is 0 Å². The number of aliphatic imine (C=N–C) groups is 1. The van der Waals surface area contributed by atoms with Crippen molar-refractivity contribution in [1.82, 2.24) is 25.4 Å². The fraction of sp³-hybridized carbons (Fsp3) is 0.385. The van der Waals surface area contributed by atoms with Gasteiger partial charge in [-0.15, -0.1) is 10.2 Å². The maximum atomic E-state index is 11.8. The van der Waals surface area contributed by atoms with Crippen molar-refractivity contribution in [3.8, 4) is 0 Å². The first-order chi connectivity index (χ1) is 11.1. The SMILES string of the molecule is Cn1cnnc1SCCNC(=O)CNC(=O)C1C=CC(=O)N=C1.